The highest BCUT2D eigenvalue weighted by Crippen LogP contribution is 2.28. The van der Waals surface area contributed by atoms with Crippen molar-refractivity contribution in [3.05, 3.63) is 58.9 Å². The molecule has 5 nitrogen and oxygen atoms in total. The van der Waals surface area contributed by atoms with Crippen LogP contribution in [0.4, 0.5) is 4.39 Å². The highest BCUT2D eigenvalue weighted by molar-refractivity contribution is 5.79. The van der Waals surface area contributed by atoms with Crippen molar-refractivity contribution in [3.63, 3.8) is 0 Å². The molecule has 0 aliphatic carbocycles. The molecule has 27 heavy (non-hydrogen) atoms. The molecule has 0 spiro atoms. The summed E-state index contributed by atoms with van der Waals surface area (Å²) < 4.78 is 19.4. The number of ether oxygens (including phenoxy) is 1. The van der Waals surface area contributed by atoms with Crippen LogP contribution < -0.4 is 0 Å². The van der Waals surface area contributed by atoms with Crippen molar-refractivity contribution in [1.82, 2.24) is 14.9 Å². The van der Waals surface area contributed by atoms with E-state index in [0.717, 1.165) is 29.9 Å². The molecule has 1 atom stereocenters. The normalized spacial score (nSPS) is 17.1. The minimum atomic E-state index is -0.329. The quantitative estimate of drug-likeness (QED) is 0.781. The van der Waals surface area contributed by atoms with E-state index >= 15 is 0 Å². The van der Waals surface area contributed by atoms with Crippen LogP contribution in [-0.2, 0) is 22.6 Å². The number of aryl methyl sites for hydroxylation is 1. The number of nitrogens with zero attached hydrogens (tertiary/aromatic N) is 3. The van der Waals surface area contributed by atoms with Crippen molar-refractivity contribution in [2.45, 2.75) is 45.6 Å². The van der Waals surface area contributed by atoms with Gasteiger partial charge in [-0.3, -0.25) is 4.79 Å². The zero-order valence-corrected chi connectivity index (χ0v) is 15.9. The second kappa shape index (κ2) is 9.04. The van der Waals surface area contributed by atoms with Crippen LogP contribution in [0.25, 0.3) is 0 Å². The largest absolute Gasteiger partial charge is 0.377 e. The van der Waals surface area contributed by atoms with Gasteiger partial charge in [0.05, 0.1) is 18.7 Å². The van der Waals surface area contributed by atoms with Crippen LogP contribution in [0, 0.1) is 12.7 Å². The second-order valence-electron chi connectivity index (χ2n) is 6.91. The molecular weight excluding hydrogens is 345 g/mol. The van der Waals surface area contributed by atoms with E-state index < -0.39 is 0 Å². The molecular formula is C21H26FN3O2. The number of aromatic nitrogens is 2. The number of rotatable bonds is 6. The van der Waals surface area contributed by atoms with E-state index in [2.05, 4.69) is 9.97 Å². The molecule has 1 fully saturated rings. The SMILES string of the molecule is CCOCc1cnc(C)nc1C1CCCN(C(=O)Cc2ccccc2F)C1. The Morgan fingerprint density at radius 1 is 1.33 bits per heavy atom. The number of carbonyl (C=O) groups excluding carboxylic acids is 1. The molecule has 6 heteroatoms. The van der Waals surface area contributed by atoms with Crippen molar-refractivity contribution in [1.29, 1.82) is 0 Å². The molecule has 0 radical (unpaired) electrons. The maximum atomic E-state index is 13.9. The van der Waals surface area contributed by atoms with Crippen molar-refractivity contribution in [2.75, 3.05) is 19.7 Å². The maximum absolute atomic E-state index is 13.9. The van der Waals surface area contributed by atoms with Crippen LogP contribution >= 0.6 is 0 Å². The van der Waals surface area contributed by atoms with Gasteiger partial charge in [0.25, 0.3) is 0 Å². The molecule has 1 aromatic heterocycles. The molecule has 1 aliphatic heterocycles. The number of hydrogen-bond donors (Lipinski definition) is 0. The molecule has 2 heterocycles. The predicted molar refractivity (Wildman–Crippen MR) is 101 cm³/mol. The van der Waals surface area contributed by atoms with E-state index in [0.29, 0.717) is 31.9 Å². The molecule has 0 bridgehead atoms. The lowest BCUT2D eigenvalue weighted by atomic mass is 9.91. The Kier molecular flexibility index (Phi) is 6.50. The van der Waals surface area contributed by atoms with Crippen LogP contribution in [0.3, 0.4) is 0 Å². The summed E-state index contributed by atoms with van der Waals surface area (Å²) in [6.07, 6.45) is 3.80. The zero-order valence-electron chi connectivity index (χ0n) is 15.9. The molecule has 0 saturated carbocycles. The summed E-state index contributed by atoms with van der Waals surface area (Å²) in [6.45, 7) is 6.24. The van der Waals surface area contributed by atoms with Gasteiger partial charge in [-0.1, -0.05) is 18.2 Å². The van der Waals surface area contributed by atoms with Crippen molar-refractivity contribution < 1.29 is 13.9 Å². The summed E-state index contributed by atoms with van der Waals surface area (Å²) in [7, 11) is 0. The third-order valence-electron chi connectivity index (χ3n) is 4.94. The molecule has 1 amide bonds. The van der Waals surface area contributed by atoms with Crippen LogP contribution in [0.2, 0.25) is 0 Å². The van der Waals surface area contributed by atoms with Gasteiger partial charge in [0.2, 0.25) is 5.91 Å². The average molecular weight is 371 g/mol. The van der Waals surface area contributed by atoms with E-state index in [1.807, 2.05) is 24.9 Å². The molecule has 1 aliphatic rings. The minimum absolute atomic E-state index is 0.0399. The van der Waals surface area contributed by atoms with Gasteiger partial charge in [-0.25, -0.2) is 14.4 Å². The Morgan fingerprint density at radius 2 is 2.15 bits per heavy atom. The molecule has 144 valence electrons. The fraction of sp³-hybridized carbons (Fsp3) is 0.476. The van der Waals surface area contributed by atoms with E-state index in [1.165, 1.54) is 6.07 Å². The highest BCUT2D eigenvalue weighted by atomic mass is 19.1. The van der Waals surface area contributed by atoms with Crippen LogP contribution in [-0.4, -0.2) is 40.5 Å². The summed E-state index contributed by atoms with van der Waals surface area (Å²) in [5.74, 6) is 0.507. The fourth-order valence-electron chi connectivity index (χ4n) is 3.53. The van der Waals surface area contributed by atoms with Crippen molar-refractivity contribution in [3.8, 4) is 0 Å². The van der Waals surface area contributed by atoms with Gasteiger partial charge in [0, 0.05) is 37.4 Å². The van der Waals surface area contributed by atoms with Gasteiger partial charge in [-0.2, -0.15) is 0 Å². The molecule has 3 rings (SSSR count). The van der Waals surface area contributed by atoms with Crippen LogP contribution in [0.5, 0.6) is 0 Å². The molecule has 1 unspecified atom stereocenters. The Morgan fingerprint density at radius 3 is 2.93 bits per heavy atom. The molecule has 1 aromatic carbocycles. The number of halogens is 1. The lowest BCUT2D eigenvalue weighted by Crippen LogP contribution is -2.40. The van der Waals surface area contributed by atoms with Gasteiger partial charge in [-0.15, -0.1) is 0 Å². The van der Waals surface area contributed by atoms with Crippen LogP contribution in [0.1, 0.15) is 48.3 Å². The minimum Gasteiger partial charge on any atom is -0.377 e. The van der Waals surface area contributed by atoms with Crippen LogP contribution in [0.15, 0.2) is 30.5 Å². The van der Waals surface area contributed by atoms with Gasteiger partial charge in [0.1, 0.15) is 11.6 Å². The number of hydrogen-bond acceptors (Lipinski definition) is 4. The van der Waals surface area contributed by atoms with Gasteiger partial charge in [0.15, 0.2) is 0 Å². The summed E-state index contributed by atoms with van der Waals surface area (Å²) in [4.78, 5) is 23.5. The molecule has 2 aromatic rings. The maximum Gasteiger partial charge on any atom is 0.227 e. The van der Waals surface area contributed by atoms with E-state index in [9.17, 15) is 9.18 Å². The lowest BCUT2D eigenvalue weighted by Gasteiger charge is -2.33. The first-order valence-corrected chi connectivity index (χ1v) is 9.49. The number of piperidine rings is 1. The Hall–Kier alpha value is -2.34. The number of likely N-dealkylation sites (tertiary alicyclic amines) is 1. The van der Waals surface area contributed by atoms with E-state index in [4.69, 9.17) is 4.74 Å². The first kappa shape index (κ1) is 19.4. The third kappa shape index (κ3) is 4.89. The lowest BCUT2D eigenvalue weighted by molar-refractivity contribution is -0.131. The second-order valence-corrected chi connectivity index (χ2v) is 6.91. The number of benzene rings is 1. The van der Waals surface area contributed by atoms with Gasteiger partial charge < -0.3 is 9.64 Å². The summed E-state index contributed by atoms with van der Waals surface area (Å²) >= 11 is 0. The zero-order chi connectivity index (χ0) is 19.2. The summed E-state index contributed by atoms with van der Waals surface area (Å²) in [6, 6.07) is 6.46. The standard InChI is InChI=1S/C21H26FN3O2/c1-3-27-14-18-12-23-15(2)24-21(18)17-8-6-10-25(13-17)20(26)11-16-7-4-5-9-19(16)22/h4-5,7,9,12,17H,3,6,8,10-11,13-14H2,1-2H3. The van der Waals surface area contributed by atoms with E-state index in [1.54, 1.807) is 18.2 Å². The monoisotopic (exact) mass is 371 g/mol. The Labute approximate surface area is 159 Å². The predicted octanol–water partition coefficient (Wildman–Crippen LogP) is 3.41. The summed E-state index contributed by atoms with van der Waals surface area (Å²) in [5, 5.41) is 0. The van der Waals surface area contributed by atoms with Crippen molar-refractivity contribution >= 4 is 5.91 Å². The molecule has 0 N–H and O–H groups in total. The smallest absolute Gasteiger partial charge is 0.227 e. The molecule has 1 saturated heterocycles. The number of amides is 1. The van der Waals surface area contributed by atoms with Crippen molar-refractivity contribution in [2.24, 2.45) is 0 Å². The first-order valence-electron chi connectivity index (χ1n) is 9.49. The fourth-order valence-corrected chi connectivity index (χ4v) is 3.53. The topological polar surface area (TPSA) is 55.3 Å². The number of carbonyl (C=O) groups is 1. The Balaban J connectivity index is 1.73. The van der Waals surface area contributed by atoms with E-state index in [-0.39, 0.29) is 24.1 Å². The van der Waals surface area contributed by atoms with Gasteiger partial charge >= 0.3 is 0 Å². The first-order chi connectivity index (χ1) is 13.1. The highest BCUT2D eigenvalue weighted by Gasteiger charge is 2.28. The van der Waals surface area contributed by atoms with Gasteiger partial charge in [-0.05, 0) is 38.3 Å². The average Bonchev–Trinajstić information content (AvgIpc) is 2.69. The summed E-state index contributed by atoms with van der Waals surface area (Å²) in [5.41, 5.74) is 2.40. The third-order valence-corrected chi connectivity index (χ3v) is 4.94. The Bertz CT molecular complexity index is 797.